The van der Waals surface area contributed by atoms with Crippen LogP contribution in [0.4, 0.5) is 17.6 Å². The van der Waals surface area contributed by atoms with Crippen molar-refractivity contribution in [3.63, 3.8) is 0 Å². The van der Waals surface area contributed by atoms with Gasteiger partial charge in [0.1, 0.15) is 5.82 Å². The van der Waals surface area contributed by atoms with Crippen LogP contribution in [0.2, 0.25) is 0 Å². The molecule has 114 valence electrons. The highest BCUT2D eigenvalue weighted by Crippen LogP contribution is 2.23. The lowest BCUT2D eigenvalue weighted by atomic mass is 10.1. The third-order valence-electron chi connectivity index (χ3n) is 3.44. The summed E-state index contributed by atoms with van der Waals surface area (Å²) in [6.07, 6.45) is 2.51. The first-order chi connectivity index (χ1) is 9.90. The molecule has 2 rings (SSSR count). The number of rotatable bonds is 5. The molecular formula is C14H15F4N3. The molecule has 0 saturated carbocycles. The van der Waals surface area contributed by atoms with Crippen molar-refractivity contribution < 1.29 is 17.6 Å². The minimum atomic E-state index is -2.66. The zero-order valence-corrected chi connectivity index (χ0v) is 11.6. The summed E-state index contributed by atoms with van der Waals surface area (Å²) in [4.78, 5) is 5.62. The summed E-state index contributed by atoms with van der Waals surface area (Å²) in [5, 5.41) is 0. The first-order valence-electron chi connectivity index (χ1n) is 6.35. The predicted molar refractivity (Wildman–Crippen MR) is 69.7 cm³/mol. The van der Waals surface area contributed by atoms with E-state index in [1.165, 1.54) is 18.5 Å². The van der Waals surface area contributed by atoms with E-state index in [9.17, 15) is 17.6 Å². The number of nitrogens with zero attached hydrogens (tertiary/aromatic N) is 3. The number of hydrogen-bond acceptors (Lipinski definition) is 2. The molecule has 0 fully saturated rings. The van der Waals surface area contributed by atoms with E-state index in [-0.39, 0.29) is 18.4 Å². The zero-order chi connectivity index (χ0) is 15.6. The normalized spacial score (nSPS) is 13.1. The lowest BCUT2D eigenvalue weighted by Crippen LogP contribution is -2.24. The fraction of sp³-hybridized carbons (Fsp3) is 0.357. The van der Waals surface area contributed by atoms with E-state index in [2.05, 4.69) is 4.98 Å². The van der Waals surface area contributed by atoms with Gasteiger partial charge >= 0.3 is 6.55 Å². The fourth-order valence-electron chi connectivity index (χ4n) is 2.03. The molecule has 1 aromatic carbocycles. The highest BCUT2D eigenvalue weighted by Gasteiger charge is 2.18. The summed E-state index contributed by atoms with van der Waals surface area (Å²) in [7, 11) is 1.70. The first kappa shape index (κ1) is 15.5. The van der Waals surface area contributed by atoms with Crippen LogP contribution in [-0.2, 0) is 6.54 Å². The van der Waals surface area contributed by atoms with Crippen molar-refractivity contribution in [2.75, 3.05) is 7.05 Å². The summed E-state index contributed by atoms with van der Waals surface area (Å²) in [5.41, 5.74) is 0.562. The molecule has 0 radical (unpaired) electrons. The van der Waals surface area contributed by atoms with E-state index in [4.69, 9.17) is 0 Å². The molecule has 0 saturated heterocycles. The topological polar surface area (TPSA) is 21.1 Å². The fourth-order valence-corrected chi connectivity index (χ4v) is 2.03. The Kier molecular flexibility index (Phi) is 4.62. The summed E-state index contributed by atoms with van der Waals surface area (Å²) < 4.78 is 52.4. The van der Waals surface area contributed by atoms with Gasteiger partial charge in [0.2, 0.25) is 0 Å². The highest BCUT2D eigenvalue weighted by atomic mass is 19.3. The Bertz CT molecular complexity index is 612. The second-order valence-electron chi connectivity index (χ2n) is 4.79. The molecule has 1 aromatic heterocycles. The summed E-state index contributed by atoms with van der Waals surface area (Å²) >= 11 is 0. The van der Waals surface area contributed by atoms with E-state index >= 15 is 0 Å². The number of benzene rings is 1. The van der Waals surface area contributed by atoms with Gasteiger partial charge in [0, 0.05) is 18.4 Å². The summed E-state index contributed by atoms with van der Waals surface area (Å²) in [5.74, 6) is -1.63. The molecule has 0 aliphatic heterocycles. The molecule has 1 unspecified atom stereocenters. The molecule has 0 aliphatic rings. The summed E-state index contributed by atoms with van der Waals surface area (Å²) in [6.45, 7) is -0.714. The van der Waals surface area contributed by atoms with Crippen molar-refractivity contribution in [1.82, 2.24) is 14.5 Å². The van der Waals surface area contributed by atoms with Crippen LogP contribution in [-0.4, -0.2) is 21.5 Å². The molecule has 1 atom stereocenters. The Morgan fingerprint density at radius 1 is 1.24 bits per heavy atom. The smallest absolute Gasteiger partial charge is 0.292 e. The van der Waals surface area contributed by atoms with Gasteiger partial charge in [-0.05, 0) is 31.7 Å². The standard InChI is InChI=1S/C14H15F4N3/c1-9(10-3-4-11(15)12(16)7-10)20(2)8-13-19-5-6-21(13)14(17)18/h3-7,9,14H,8H2,1-2H3. The Morgan fingerprint density at radius 2 is 1.95 bits per heavy atom. The molecule has 0 bridgehead atoms. The average molecular weight is 301 g/mol. The average Bonchev–Trinajstić information content (AvgIpc) is 2.89. The number of halogens is 4. The van der Waals surface area contributed by atoms with Gasteiger partial charge < -0.3 is 0 Å². The van der Waals surface area contributed by atoms with Gasteiger partial charge in [-0.1, -0.05) is 6.07 Å². The van der Waals surface area contributed by atoms with Gasteiger partial charge in [-0.15, -0.1) is 0 Å². The number of alkyl halides is 2. The minimum absolute atomic E-state index is 0.164. The largest absolute Gasteiger partial charge is 0.319 e. The van der Waals surface area contributed by atoms with Crippen LogP contribution in [0.15, 0.2) is 30.6 Å². The van der Waals surface area contributed by atoms with Crippen LogP contribution in [0, 0.1) is 11.6 Å². The van der Waals surface area contributed by atoms with E-state index in [1.807, 2.05) is 0 Å². The van der Waals surface area contributed by atoms with E-state index in [1.54, 1.807) is 18.9 Å². The number of imidazole rings is 1. The maximum absolute atomic E-state index is 13.2. The molecule has 0 N–H and O–H groups in total. The lowest BCUT2D eigenvalue weighted by Gasteiger charge is -2.25. The van der Waals surface area contributed by atoms with Gasteiger partial charge in [0.15, 0.2) is 11.6 Å². The Labute approximate surface area is 119 Å². The first-order valence-corrected chi connectivity index (χ1v) is 6.35. The van der Waals surface area contributed by atoms with Gasteiger partial charge in [-0.25, -0.2) is 13.8 Å². The second-order valence-corrected chi connectivity index (χ2v) is 4.79. The van der Waals surface area contributed by atoms with Crippen LogP contribution in [0.3, 0.4) is 0 Å². The van der Waals surface area contributed by atoms with Crippen molar-refractivity contribution in [3.05, 3.63) is 53.6 Å². The highest BCUT2D eigenvalue weighted by molar-refractivity contribution is 5.20. The predicted octanol–water partition coefficient (Wildman–Crippen LogP) is 3.75. The van der Waals surface area contributed by atoms with Gasteiger partial charge in [-0.3, -0.25) is 9.47 Å². The lowest BCUT2D eigenvalue weighted by molar-refractivity contribution is 0.0636. The molecule has 3 nitrogen and oxygen atoms in total. The maximum Gasteiger partial charge on any atom is 0.319 e. The van der Waals surface area contributed by atoms with Crippen molar-refractivity contribution in [3.8, 4) is 0 Å². The quantitative estimate of drug-likeness (QED) is 0.784. The minimum Gasteiger partial charge on any atom is -0.292 e. The molecule has 0 spiro atoms. The van der Waals surface area contributed by atoms with E-state index in [0.717, 1.165) is 16.7 Å². The summed E-state index contributed by atoms with van der Waals surface area (Å²) in [6, 6.07) is 3.35. The number of aromatic nitrogens is 2. The molecular weight excluding hydrogens is 286 g/mol. The number of hydrogen-bond donors (Lipinski definition) is 0. The molecule has 0 aliphatic carbocycles. The second kappa shape index (κ2) is 6.26. The van der Waals surface area contributed by atoms with Gasteiger partial charge in [0.05, 0.1) is 6.54 Å². The zero-order valence-electron chi connectivity index (χ0n) is 11.6. The van der Waals surface area contributed by atoms with Crippen molar-refractivity contribution in [2.24, 2.45) is 0 Å². The third kappa shape index (κ3) is 3.41. The molecule has 0 amide bonds. The monoisotopic (exact) mass is 301 g/mol. The van der Waals surface area contributed by atoms with Crippen molar-refractivity contribution in [2.45, 2.75) is 26.1 Å². The molecule has 2 aromatic rings. The van der Waals surface area contributed by atoms with Crippen LogP contribution in [0.5, 0.6) is 0 Å². The molecule has 21 heavy (non-hydrogen) atoms. The molecule has 7 heteroatoms. The van der Waals surface area contributed by atoms with Crippen LogP contribution in [0.1, 0.15) is 30.9 Å². The van der Waals surface area contributed by atoms with Crippen LogP contribution in [0.25, 0.3) is 0 Å². The Hall–Kier alpha value is -1.89. The Morgan fingerprint density at radius 3 is 2.57 bits per heavy atom. The van der Waals surface area contributed by atoms with E-state index in [0.29, 0.717) is 5.56 Å². The molecule has 1 heterocycles. The Balaban J connectivity index is 2.13. The third-order valence-corrected chi connectivity index (χ3v) is 3.44. The van der Waals surface area contributed by atoms with Crippen LogP contribution >= 0.6 is 0 Å². The maximum atomic E-state index is 13.2. The van der Waals surface area contributed by atoms with Gasteiger partial charge in [0.25, 0.3) is 0 Å². The van der Waals surface area contributed by atoms with Crippen molar-refractivity contribution >= 4 is 0 Å². The SMILES string of the molecule is CC(c1ccc(F)c(F)c1)N(C)Cc1nccn1C(F)F. The van der Waals surface area contributed by atoms with Gasteiger partial charge in [-0.2, -0.15) is 8.78 Å². The van der Waals surface area contributed by atoms with E-state index < -0.39 is 18.2 Å². The van der Waals surface area contributed by atoms with Crippen molar-refractivity contribution in [1.29, 1.82) is 0 Å². The van der Waals surface area contributed by atoms with Crippen LogP contribution < -0.4 is 0 Å².